The first kappa shape index (κ1) is 14.4. The normalized spacial score (nSPS) is 10.2. The molecule has 7 heteroatoms. The lowest BCUT2D eigenvalue weighted by Crippen LogP contribution is -1.98. The monoisotopic (exact) mass is 309 g/mol. The summed E-state index contributed by atoms with van der Waals surface area (Å²) in [6, 6.07) is 10.5. The van der Waals surface area contributed by atoms with Gasteiger partial charge in [-0.1, -0.05) is 23.4 Å². The molecular weight excluding hydrogens is 302 g/mol. The predicted octanol–water partition coefficient (Wildman–Crippen LogP) is 4.10. The predicted molar refractivity (Wildman–Crippen MR) is 75.6 cm³/mol. The van der Waals surface area contributed by atoms with E-state index < -0.39 is 10.9 Å². The molecule has 20 heavy (non-hydrogen) atoms. The van der Waals surface area contributed by atoms with Crippen LogP contribution < -0.4 is 0 Å². The molecule has 0 spiro atoms. The van der Waals surface area contributed by atoms with Crippen LogP contribution in [0.2, 0.25) is 5.02 Å². The minimum Gasteiger partial charge on any atom is -0.478 e. The molecule has 1 N–H and O–H groups in total. The lowest BCUT2D eigenvalue weighted by Gasteiger charge is -2.04. The zero-order valence-electron chi connectivity index (χ0n) is 9.95. The highest BCUT2D eigenvalue weighted by Crippen LogP contribution is 2.35. The molecule has 0 aliphatic heterocycles. The van der Waals surface area contributed by atoms with Gasteiger partial charge in [0.1, 0.15) is 0 Å². The fourth-order valence-corrected chi connectivity index (χ4v) is 2.59. The summed E-state index contributed by atoms with van der Waals surface area (Å²) < 4.78 is 0. The molecule has 2 rings (SSSR count). The maximum absolute atomic E-state index is 11.0. The summed E-state index contributed by atoms with van der Waals surface area (Å²) in [7, 11) is 0. The minimum atomic E-state index is -1.13. The fourth-order valence-electron chi connectivity index (χ4n) is 1.51. The first-order valence-electron chi connectivity index (χ1n) is 5.42. The molecule has 0 amide bonds. The maximum atomic E-state index is 11.0. The molecular formula is C13H8ClNO4S. The summed E-state index contributed by atoms with van der Waals surface area (Å²) in [5, 5.41) is 20.5. The summed E-state index contributed by atoms with van der Waals surface area (Å²) in [6.07, 6.45) is 0. The van der Waals surface area contributed by atoms with E-state index in [-0.39, 0.29) is 16.1 Å². The van der Waals surface area contributed by atoms with Gasteiger partial charge in [0.05, 0.1) is 15.4 Å². The van der Waals surface area contributed by atoms with Gasteiger partial charge in [-0.15, -0.1) is 0 Å². The van der Waals surface area contributed by atoms with Crippen LogP contribution in [-0.2, 0) is 0 Å². The molecule has 5 nitrogen and oxygen atoms in total. The van der Waals surface area contributed by atoms with Crippen molar-refractivity contribution in [2.45, 2.75) is 9.79 Å². The van der Waals surface area contributed by atoms with E-state index in [4.69, 9.17) is 16.7 Å². The van der Waals surface area contributed by atoms with Crippen molar-refractivity contribution in [3.8, 4) is 0 Å². The second kappa shape index (κ2) is 5.94. The smallest absolute Gasteiger partial charge is 0.335 e. The van der Waals surface area contributed by atoms with Gasteiger partial charge < -0.3 is 5.11 Å². The summed E-state index contributed by atoms with van der Waals surface area (Å²) in [4.78, 5) is 22.4. The molecule has 102 valence electrons. The summed E-state index contributed by atoms with van der Waals surface area (Å²) in [5.41, 5.74) is -0.123. The molecule has 0 aromatic heterocycles. The lowest BCUT2D eigenvalue weighted by molar-refractivity contribution is -0.387. The van der Waals surface area contributed by atoms with Gasteiger partial charge in [-0.05, 0) is 36.4 Å². The average Bonchev–Trinajstić information content (AvgIpc) is 2.41. The quantitative estimate of drug-likeness (QED) is 0.679. The van der Waals surface area contributed by atoms with Crippen LogP contribution in [0.3, 0.4) is 0 Å². The molecule has 0 radical (unpaired) electrons. The first-order chi connectivity index (χ1) is 9.47. The number of nitrogens with zero attached hydrogens (tertiary/aromatic N) is 1. The Bertz CT molecular complexity index is 673. The van der Waals surface area contributed by atoms with E-state index in [1.165, 1.54) is 18.2 Å². The third-order valence-corrected chi connectivity index (χ3v) is 3.75. The van der Waals surface area contributed by atoms with E-state index in [2.05, 4.69) is 0 Å². The molecule has 0 aliphatic rings. The second-order valence-corrected chi connectivity index (χ2v) is 5.35. The van der Waals surface area contributed by atoms with E-state index in [1.807, 2.05) is 0 Å². The topological polar surface area (TPSA) is 80.4 Å². The Morgan fingerprint density at radius 2 is 1.85 bits per heavy atom. The molecule has 0 atom stereocenters. The maximum Gasteiger partial charge on any atom is 0.335 e. The van der Waals surface area contributed by atoms with Crippen LogP contribution >= 0.6 is 23.4 Å². The van der Waals surface area contributed by atoms with Crippen molar-refractivity contribution >= 4 is 35.0 Å². The number of hydrogen-bond acceptors (Lipinski definition) is 4. The lowest BCUT2D eigenvalue weighted by atomic mass is 10.2. The molecule has 0 bridgehead atoms. The van der Waals surface area contributed by atoms with Crippen LogP contribution in [0.15, 0.2) is 52.3 Å². The van der Waals surface area contributed by atoms with Gasteiger partial charge in [0.2, 0.25) is 0 Å². The highest BCUT2D eigenvalue weighted by Gasteiger charge is 2.17. The number of nitro benzene ring substituents is 1. The Kier molecular flexibility index (Phi) is 4.26. The van der Waals surface area contributed by atoms with Gasteiger partial charge in [0, 0.05) is 16.0 Å². The molecule has 0 heterocycles. The fraction of sp³-hybridized carbons (Fsp3) is 0. The molecule has 0 aliphatic carbocycles. The molecule has 0 saturated carbocycles. The second-order valence-electron chi connectivity index (χ2n) is 3.80. The molecule has 0 fully saturated rings. The number of carbonyl (C=O) groups is 1. The number of carboxylic acids is 1. The standard InChI is InChI=1S/C13H8ClNO4S/c14-9-2-4-10(5-3-9)20-12-7-8(13(16)17)1-6-11(12)15(18)19/h1-7H,(H,16,17). The van der Waals surface area contributed by atoms with Gasteiger partial charge in [-0.3, -0.25) is 10.1 Å². The molecule has 2 aromatic rings. The number of carboxylic acid groups (broad SMARTS) is 1. The largest absolute Gasteiger partial charge is 0.478 e. The van der Waals surface area contributed by atoms with Crippen LogP contribution in [-0.4, -0.2) is 16.0 Å². The van der Waals surface area contributed by atoms with Crippen molar-refractivity contribution in [3.63, 3.8) is 0 Å². The summed E-state index contributed by atoms with van der Waals surface area (Å²) in [5.74, 6) is -1.13. The average molecular weight is 310 g/mol. The number of hydrogen-bond donors (Lipinski definition) is 1. The van der Waals surface area contributed by atoms with Crippen molar-refractivity contribution < 1.29 is 14.8 Å². The first-order valence-corrected chi connectivity index (χ1v) is 6.62. The third kappa shape index (κ3) is 3.28. The van der Waals surface area contributed by atoms with E-state index in [0.29, 0.717) is 5.02 Å². The van der Waals surface area contributed by atoms with Gasteiger partial charge in [-0.2, -0.15) is 0 Å². The number of halogens is 1. The van der Waals surface area contributed by atoms with Gasteiger partial charge in [-0.25, -0.2) is 4.79 Å². The number of aromatic carboxylic acids is 1. The minimum absolute atomic E-state index is 0.00654. The van der Waals surface area contributed by atoms with Crippen LogP contribution in [0.25, 0.3) is 0 Å². The number of nitro groups is 1. The molecule has 0 saturated heterocycles. The Balaban J connectivity index is 2.41. The van der Waals surface area contributed by atoms with Crippen molar-refractivity contribution in [2.24, 2.45) is 0 Å². The summed E-state index contributed by atoms with van der Waals surface area (Å²) >= 11 is 6.89. The highest BCUT2D eigenvalue weighted by molar-refractivity contribution is 7.99. The number of rotatable bonds is 4. The Morgan fingerprint density at radius 1 is 1.20 bits per heavy atom. The Labute approximate surface area is 123 Å². The van der Waals surface area contributed by atoms with Gasteiger partial charge in [0.25, 0.3) is 5.69 Å². The van der Waals surface area contributed by atoms with Crippen molar-refractivity contribution in [1.29, 1.82) is 0 Å². The number of benzene rings is 2. The van der Waals surface area contributed by atoms with Gasteiger partial charge in [0.15, 0.2) is 0 Å². The Hall–Kier alpha value is -2.05. The zero-order chi connectivity index (χ0) is 14.7. The third-order valence-electron chi connectivity index (χ3n) is 2.44. The SMILES string of the molecule is O=C(O)c1ccc([N+](=O)[O-])c(Sc2ccc(Cl)cc2)c1. The van der Waals surface area contributed by atoms with Crippen molar-refractivity contribution in [3.05, 3.63) is 63.2 Å². The van der Waals surface area contributed by atoms with Crippen molar-refractivity contribution in [2.75, 3.05) is 0 Å². The molecule has 0 unspecified atom stereocenters. The van der Waals surface area contributed by atoms with Crippen LogP contribution in [0.5, 0.6) is 0 Å². The van der Waals surface area contributed by atoms with Crippen LogP contribution in [0.1, 0.15) is 10.4 Å². The molecule has 2 aromatic carbocycles. The van der Waals surface area contributed by atoms with Crippen molar-refractivity contribution in [1.82, 2.24) is 0 Å². The Morgan fingerprint density at radius 3 is 2.40 bits per heavy atom. The van der Waals surface area contributed by atoms with E-state index in [1.54, 1.807) is 24.3 Å². The van der Waals surface area contributed by atoms with Gasteiger partial charge >= 0.3 is 5.97 Å². The van der Waals surface area contributed by atoms with E-state index in [0.717, 1.165) is 16.7 Å². The van der Waals surface area contributed by atoms with Crippen LogP contribution in [0.4, 0.5) is 5.69 Å². The van der Waals surface area contributed by atoms with E-state index in [9.17, 15) is 14.9 Å². The summed E-state index contributed by atoms with van der Waals surface area (Å²) in [6.45, 7) is 0. The van der Waals surface area contributed by atoms with E-state index >= 15 is 0 Å². The highest BCUT2D eigenvalue weighted by atomic mass is 35.5. The zero-order valence-corrected chi connectivity index (χ0v) is 11.5. The van der Waals surface area contributed by atoms with Crippen LogP contribution in [0, 0.1) is 10.1 Å².